The average molecular weight is 481 g/mol. The monoisotopic (exact) mass is 480 g/mol. The standard InChI is InChI=1S/C27H32N2O6/c1-27(2)12-13-29(24(27)25(31)32)23(30)14-17(34-3)15-28-26(33)35-16-22-20-10-6-4-8-18(20)19-9-5-7-11-21(19)22/h4-11,17,22,24H,12-16H2,1-3H3,(H,28,33)(H,31,32). The van der Waals surface area contributed by atoms with Crippen molar-refractivity contribution < 1.29 is 29.0 Å². The van der Waals surface area contributed by atoms with E-state index in [1.54, 1.807) is 0 Å². The Kier molecular flexibility index (Phi) is 7.12. The van der Waals surface area contributed by atoms with E-state index in [1.165, 1.54) is 12.0 Å². The molecular weight excluding hydrogens is 448 g/mol. The molecule has 35 heavy (non-hydrogen) atoms. The van der Waals surface area contributed by atoms with Gasteiger partial charge in [-0.1, -0.05) is 62.4 Å². The highest BCUT2D eigenvalue weighted by atomic mass is 16.5. The molecule has 4 rings (SSSR count). The summed E-state index contributed by atoms with van der Waals surface area (Å²) in [5, 5.41) is 12.3. The molecule has 1 aliphatic carbocycles. The van der Waals surface area contributed by atoms with Gasteiger partial charge in [0.05, 0.1) is 12.5 Å². The smallest absolute Gasteiger partial charge is 0.407 e. The minimum atomic E-state index is -1.01. The van der Waals surface area contributed by atoms with Gasteiger partial charge < -0.3 is 24.8 Å². The van der Waals surface area contributed by atoms with Crippen LogP contribution in [0.25, 0.3) is 11.1 Å². The second-order valence-electron chi connectivity index (χ2n) is 9.83. The molecule has 2 N–H and O–H groups in total. The third-order valence-corrected chi connectivity index (χ3v) is 7.16. The molecule has 8 nitrogen and oxygen atoms in total. The minimum Gasteiger partial charge on any atom is -0.480 e. The Balaban J connectivity index is 1.31. The van der Waals surface area contributed by atoms with E-state index in [0.29, 0.717) is 13.0 Å². The van der Waals surface area contributed by atoms with Crippen LogP contribution >= 0.6 is 0 Å². The van der Waals surface area contributed by atoms with Crippen molar-refractivity contribution in [3.63, 3.8) is 0 Å². The van der Waals surface area contributed by atoms with Gasteiger partial charge in [-0.25, -0.2) is 9.59 Å². The predicted octanol–water partition coefficient (Wildman–Crippen LogP) is 3.64. The maximum Gasteiger partial charge on any atom is 0.407 e. The first-order valence-electron chi connectivity index (χ1n) is 11.9. The summed E-state index contributed by atoms with van der Waals surface area (Å²) < 4.78 is 10.9. The number of carboxylic acids is 1. The summed E-state index contributed by atoms with van der Waals surface area (Å²) in [7, 11) is 1.46. The molecule has 2 aliphatic rings. The lowest BCUT2D eigenvalue weighted by atomic mass is 9.85. The molecule has 0 spiro atoms. The van der Waals surface area contributed by atoms with Gasteiger partial charge in [-0.3, -0.25) is 4.79 Å². The molecule has 1 aliphatic heterocycles. The van der Waals surface area contributed by atoms with Crippen molar-refractivity contribution >= 4 is 18.0 Å². The van der Waals surface area contributed by atoms with Gasteiger partial charge >= 0.3 is 12.1 Å². The van der Waals surface area contributed by atoms with Crippen LogP contribution in [0, 0.1) is 5.41 Å². The Hall–Kier alpha value is -3.39. The average Bonchev–Trinajstić information content (AvgIpc) is 3.34. The summed E-state index contributed by atoms with van der Waals surface area (Å²) in [5.74, 6) is -1.35. The molecule has 1 heterocycles. The van der Waals surface area contributed by atoms with Crippen molar-refractivity contribution in [2.75, 3.05) is 26.8 Å². The van der Waals surface area contributed by atoms with E-state index in [1.807, 2.05) is 38.1 Å². The number of aliphatic carboxylic acids is 1. The van der Waals surface area contributed by atoms with Gasteiger partial charge in [0.1, 0.15) is 12.6 Å². The topological polar surface area (TPSA) is 105 Å². The first-order chi connectivity index (χ1) is 16.7. The van der Waals surface area contributed by atoms with Crippen LogP contribution in [0.3, 0.4) is 0 Å². The number of hydrogen-bond donors (Lipinski definition) is 2. The first-order valence-corrected chi connectivity index (χ1v) is 11.9. The normalized spacial score (nSPS) is 19.1. The lowest BCUT2D eigenvalue weighted by molar-refractivity contribution is -0.152. The number of rotatable bonds is 8. The molecule has 0 radical (unpaired) electrons. The third kappa shape index (κ3) is 5.03. The van der Waals surface area contributed by atoms with Gasteiger partial charge in [-0.15, -0.1) is 0 Å². The molecular formula is C27H32N2O6. The van der Waals surface area contributed by atoms with Crippen LogP contribution in [0.15, 0.2) is 48.5 Å². The number of benzene rings is 2. The number of methoxy groups -OCH3 is 1. The number of carbonyl (C=O) groups is 3. The Morgan fingerprint density at radius 3 is 2.26 bits per heavy atom. The van der Waals surface area contributed by atoms with Crippen LogP contribution in [0.1, 0.15) is 43.7 Å². The quantitative estimate of drug-likeness (QED) is 0.598. The molecule has 1 saturated heterocycles. The largest absolute Gasteiger partial charge is 0.480 e. The maximum absolute atomic E-state index is 12.8. The number of carbonyl (C=O) groups excluding carboxylic acids is 2. The Bertz CT molecular complexity index is 1070. The number of hydrogen-bond acceptors (Lipinski definition) is 5. The van der Waals surface area contributed by atoms with E-state index in [9.17, 15) is 19.5 Å². The SMILES string of the molecule is COC(CNC(=O)OCC1c2ccccc2-c2ccccc21)CC(=O)N1CCC(C)(C)C1C(=O)O. The highest BCUT2D eigenvalue weighted by Crippen LogP contribution is 2.44. The van der Waals surface area contributed by atoms with E-state index in [0.717, 1.165) is 22.3 Å². The zero-order valence-corrected chi connectivity index (χ0v) is 20.3. The van der Waals surface area contributed by atoms with Crippen LogP contribution in [0.5, 0.6) is 0 Å². The van der Waals surface area contributed by atoms with Crippen molar-refractivity contribution in [2.45, 2.75) is 44.8 Å². The number of amides is 2. The van der Waals surface area contributed by atoms with Crippen LogP contribution in [0.2, 0.25) is 0 Å². The molecule has 1 fully saturated rings. The number of likely N-dealkylation sites (tertiary alicyclic amines) is 1. The van der Waals surface area contributed by atoms with Crippen LogP contribution in [-0.2, 0) is 19.1 Å². The molecule has 0 bridgehead atoms. The number of carboxylic acid groups (broad SMARTS) is 1. The van der Waals surface area contributed by atoms with Crippen LogP contribution in [0.4, 0.5) is 4.79 Å². The summed E-state index contributed by atoms with van der Waals surface area (Å²) in [6, 6.07) is 15.3. The minimum absolute atomic E-state index is 0.0278. The molecule has 0 saturated carbocycles. The fraction of sp³-hybridized carbons (Fsp3) is 0.444. The number of ether oxygens (including phenoxy) is 2. The van der Waals surface area contributed by atoms with Gasteiger partial charge in [0, 0.05) is 26.1 Å². The fourth-order valence-corrected chi connectivity index (χ4v) is 5.23. The second kappa shape index (κ2) is 10.1. The summed E-state index contributed by atoms with van der Waals surface area (Å²) in [6.45, 7) is 4.36. The zero-order valence-electron chi connectivity index (χ0n) is 20.3. The summed E-state index contributed by atoms with van der Waals surface area (Å²) >= 11 is 0. The van der Waals surface area contributed by atoms with E-state index >= 15 is 0 Å². The summed E-state index contributed by atoms with van der Waals surface area (Å²) in [4.78, 5) is 38.4. The second-order valence-corrected chi connectivity index (χ2v) is 9.83. The number of fused-ring (bicyclic) bond motifs is 3. The zero-order chi connectivity index (χ0) is 25.2. The van der Waals surface area contributed by atoms with Crippen molar-refractivity contribution in [1.29, 1.82) is 0 Å². The lowest BCUT2D eigenvalue weighted by Crippen LogP contribution is -2.47. The molecule has 2 amide bonds. The predicted molar refractivity (Wildman–Crippen MR) is 130 cm³/mol. The van der Waals surface area contributed by atoms with Gasteiger partial charge in [0.15, 0.2) is 0 Å². The summed E-state index contributed by atoms with van der Waals surface area (Å²) in [6.07, 6.45) is -0.598. The lowest BCUT2D eigenvalue weighted by Gasteiger charge is -2.29. The highest BCUT2D eigenvalue weighted by Gasteiger charge is 2.47. The Morgan fingerprint density at radius 2 is 1.69 bits per heavy atom. The van der Waals surface area contributed by atoms with Gasteiger partial charge in [0.2, 0.25) is 5.91 Å². The number of alkyl carbamates (subject to hydrolysis) is 1. The Morgan fingerprint density at radius 1 is 1.09 bits per heavy atom. The van der Waals surface area contributed by atoms with Gasteiger partial charge in [-0.05, 0) is 34.1 Å². The fourth-order valence-electron chi connectivity index (χ4n) is 5.23. The van der Waals surface area contributed by atoms with Crippen molar-refractivity contribution in [3.8, 4) is 11.1 Å². The van der Waals surface area contributed by atoms with Gasteiger partial charge in [0.25, 0.3) is 0 Å². The molecule has 2 atom stereocenters. The van der Waals surface area contributed by atoms with Crippen LogP contribution < -0.4 is 5.32 Å². The Labute approximate surface area is 205 Å². The number of nitrogens with one attached hydrogen (secondary N) is 1. The van der Waals surface area contributed by atoms with Crippen molar-refractivity contribution in [2.24, 2.45) is 5.41 Å². The van der Waals surface area contributed by atoms with E-state index < -0.39 is 29.6 Å². The van der Waals surface area contributed by atoms with E-state index in [-0.39, 0.29) is 31.4 Å². The molecule has 2 aromatic carbocycles. The molecule has 186 valence electrons. The maximum atomic E-state index is 12.8. The molecule has 8 heteroatoms. The molecule has 2 unspecified atom stereocenters. The van der Waals surface area contributed by atoms with Crippen LogP contribution in [-0.4, -0.2) is 66.9 Å². The van der Waals surface area contributed by atoms with Crippen molar-refractivity contribution in [1.82, 2.24) is 10.2 Å². The molecule has 0 aromatic heterocycles. The van der Waals surface area contributed by atoms with E-state index in [4.69, 9.17) is 9.47 Å². The van der Waals surface area contributed by atoms with E-state index in [2.05, 4.69) is 29.6 Å². The first kappa shape index (κ1) is 24.7. The molecule has 2 aromatic rings. The highest BCUT2D eigenvalue weighted by molar-refractivity contribution is 5.85. The van der Waals surface area contributed by atoms with Crippen molar-refractivity contribution in [3.05, 3.63) is 59.7 Å². The number of nitrogens with zero attached hydrogens (tertiary/aromatic N) is 1. The summed E-state index contributed by atoms with van der Waals surface area (Å²) in [5.41, 5.74) is 4.07. The third-order valence-electron chi connectivity index (χ3n) is 7.16. The van der Waals surface area contributed by atoms with Gasteiger partial charge in [-0.2, -0.15) is 0 Å².